The Kier molecular flexibility index (Phi) is 6.15. The van der Waals surface area contributed by atoms with E-state index in [0.29, 0.717) is 24.4 Å². The van der Waals surface area contributed by atoms with Gasteiger partial charge in [0.15, 0.2) is 11.9 Å². The van der Waals surface area contributed by atoms with Crippen LogP contribution in [0, 0.1) is 11.8 Å². The van der Waals surface area contributed by atoms with Crippen LogP contribution in [0.4, 0.5) is 0 Å². The quantitative estimate of drug-likeness (QED) is 0.512. The standard InChI is InChI=1S/C22H20N2O5/c1-4-17-12-18(25)29-21-19(17)20(26)23-22(24-21)28-15(3)11-10-14(2)27-13-16-8-6-5-7-9-16/h5-9,12,15H,2,4,13H2,1,3H3,(H,23,24,26)/t15-/m1/s1. The summed E-state index contributed by atoms with van der Waals surface area (Å²) in [5.41, 5.74) is 0.491. The summed E-state index contributed by atoms with van der Waals surface area (Å²) in [4.78, 5) is 30.6. The van der Waals surface area contributed by atoms with Gasteiger partial charge in [-0.1, -0.05) is 43.2 Å². The molecule has 0 aliphatic rings. The molecule has 2 aromatic heterocycles. The van der Waals surface area contributed by atoms with E-state index in [1.165, 1.54) is 6.07 Å². The molecule has 0 saturated carbocycles. The number of rotatable bonds is 6. The number of aryl methyl sites for hydroxylation is 1. The first-order valence-electron chi connectivity index (χ1n) is 9.07. The third-order valence-corrected chi connectivity index (χ3v) is 4.01. The van der Waals surface area contributed by atoms with Crippen molar-refractivity contribution in [1.82, 2.24) is 9.97 Å². The lowest BCUT2D eigenvalue weighted by Crippen LogP contribution is -2.18. The first-order valence-corrected chi connectivity index (χ1v) is 9.07. The number of hydrogen-bond donors (Lipinski definition) is 1. The van der Waals surface area contributed by atoms with E-state index in [2.05, 4.69) is 28.4 Å². The number of hydrogen-bond acceptors (Lipinski definition) is 6. The maximum absolute atomic E-state index is 12.4. The van der Waals surface area contributed by atoms with Crippen molar-refractivity contribution in [2.24, 2.45) is 0 Å². The van der Waals surface area contributed by atoms with Gasteiger partial charge in [0.1, 0.15) is 12.0 Å². The normalized spacial score (nSPS) is 11.4. The van der Waals surface area contributed by atoms with Gasteiger partial charge in [0, 0.05) is 6.07 Å². The highest BCUT2D eigenvalue weighted by atomic mass is 16.5. The van der Waals surface area contributed by atoms with Crippen molar-refractivity contribution >= 4 is 11.1 Å². The summed E-state index contributed by atoms with van der Waals surface area (Å²) in [6.45, 7) is 7.64. The molecule has 7 nitrogen and oxygen atoms in total. The van der Waals surface area contributed by atoms with Crippen LogP contribution in [0.15, 0.2) is 62.7 Å². The van der Waals surface area contributed by atoms with Crippen LogP contribution in [0.2, 0.25) is 0 Å². The van der Waals surface area contributed by atoms with Crippen LogP contribution in [0.5, 0.6) is 6.01 Å². The molecule has 0 fully saturated rings. The van der Waals surface area contributed by atoms with Gasteiger partial charge in [-0.05, 0) is 37.0 Å². The average molecular weight is 392 g/mol. The van der Waals surface area contributed by atoms with E-state index in [0.717, 1.165) is 5.56 Å². The number of nitrogens with one attached hydrogen (secondary N) is 1. The first kappa shape index (κ1) is 20.0. The van der Waals surface area contributed by atoms with Crippen molar-refractivity contribution in [3.63, 3.8) is 0 Å². The van der Waals surface area contributed by atoms with E-state index in [9.17, 15) is 9.59 Å². The van der Waals surface area contributed by atoms with Crippen LogP contribution >= 0.6 is 0 Å². The van der Waals surface area contributed by atoms with E-state index < -0.39 is 17.3 Å². The lowest BCUT2D eigenvalue weighted by molar-refractivity contribution is 0.215. The molecule has 1 N–H and O–H groups in total. The van der Waals surface area contributed by atoms with E-state index in [-0.39, 0.29) is 17.1 Å². The summed E-state index contributed by atoms with van der Waals surface area (Å²) in [7, 11) is 0. The number of benzene rings is 1. The highest BCUT2D eigenvalue weighted by Crippen LogP contribution is 2.14. The second-order valence-electron chi connectivity index (χ2n) is 6.22. The van der Waals surface area contributed by atoms with Gasteiger partial charge < -0.3 is 13.9 Å². The Labute approximate surface area is 167 Å². The summed E-state index contributed by atoms with van der Waals surface area (Å²) >= 11 is 0. The Morgan fingerprint density at radius 3 is 2.79 bits per heavy atom. The Bertz CT molecular complexity index is 1200. The van der Waals surface area contributed by atoms with Crippen LogP contribution in [0.1, 0.15) is 25.0 Å². The Balaban J connectivity index is 1.69. The number of allylic oxidation sites excluding steroid dienone is 1. The zero-order chi connectivity index (χ0) is 20.8. The Hall–Kier alpha value is -3.79. The molecule has 0 aliphatic carbocycles. The van der Waals surface area contributed by atoms with E-state index in [1.807, 2.05) is 37.3 Å². The fourth-order valence-corrected chi connectivity index (χ4v) is 2.62. The molecule has 0 saturated heterocycles. The highest BCUT2D eigenvalue weighted by molar-refractivity contribution is 5.75. The van der Waals surface area contributed by atoms with Gasteiger partial charge in [-0.2, -0.15) is 4.98 Å². The number of ether oxygens (including phenoxy) is 2. The zero-order valence-corrected chi connectivity index (χ0v) is 16.2. The largest absolute Gasteiger partial charge is 0.481 e. The molecule has 3 aromatic rings. The Morgan fingerprint density at radius 2 is 2.07 bits per heavy atom. The molecule has 0 amide bonds. The van der Waals surface area contributed by atoms with E-state index in [4.69, 9.17) is 13.9 Å². The van der Waals surface area contributed by atoms with Gasteiger partial charge in [0.25, 0.3) is 5.56 Å². The maximum Gasteiger partial charge on any atom is 0.337 e. The highest BCUT2D eigenvalue weighted by Gasteiger charge is 2.13. The predicted molar refractivity (Wildman–Crippen MR) is 109 cm³/mol. The molecule has 1 aromatic carbocycles. The molecule has 0 radical (unpaired) electrons. The molecule has 0 aliphatic heterocycles. The molecular formula is C22H20N2O5. The SMILES string of the molecule is C=C(C#C[C@@H](C)Oc1nc2oc(=O)cc(CC)c2c(=O)[nH]1)OCc1ccccc1. The number of H-pyrrole nitrogens is 1. The fourth-order valence-electron chi connectivity index (χ4n) is 2.62. The molecule has 0 spiro atoms. The first-order chi connectivity index (χ1) is 14.0. The average Bonchev–Trinajstić information content (AvgIpc) is 2.70. The summed E-state index contributed by atoms with van der Waals surface area (Å²) in [6, 6.07) is 10.9. The minimum atomic E-state index is -0.617. The molecule has 2 heterocycles. The summed E-state index contributed by atoms with van der Waals surface area (Å²) < 4.78 is 16.1. The molecular weight excluding hydrogens is 372 g/mol. The molecule has 1 atom stereocenters. The van der Waals surface area contributed by atoms with Crippen molar-refractivity contribution in [1.29, 1.82) is 0 Å². The number of aromatic amines is 1. The van der Waals surface area contributed by atoms with Gasteiger partial charge in [0.2, 0.25) is 5.71 Å². The third-order valence-electron chi connectivity index (χ3n) is 4.01. The lowest BCUT2D eigenvalue weighted by Gasteiger charge is -2.09. The van der Waals surface area contributed by atoms with Gasteiger partial charge in [-0.15, -0.1) is 0 Å². The van der Waals surface area contributed by atoms with Crippen LogP contribution in [-0.2, 0) is 17.8 Å². The summed E-state index contributed by atoms with van der Waals surface area (Å²) in [5.74, 6) is 5.88. The predicted octanol–water partition coefficient (Wildman–Crippen LogP) is 2.94. The van der Waals surface area contributed by atoms with Crippen LogP contribution in [0.3, 0.4) is 0 Å². The molecule has 0 bridgehead atoms. The van der Waals surface area contributed by atoms with Gasteiger partial charge in [-0.3, -0.25) is 9.78 Å². The molecule has 0 unspecified atom stereocenters. The smallest absolute Gasteiger partial charge is 0.337 e. The molecule has 7 heteroatoms. The monoisotopic (exact) mass is 392 g/mol. The van der Waals surface area contributed by atoms with E-state index >= 15 is 0 Å². The van der Waals surface area contributed by atoms with Crippen molar-refractivity contribution in [2.45, 2.75) is 33.0 Å². The zero-order valence-electron chi connectivity index (χ0n) is 16.2. The molecule has 29 heavy (non-hydrogen) atoms. The van der Waals surface area contributed by atoms with E-state index in [1.54, 1.807) is 6.92 Å². The fraction of sp³-hybridized carbons (Fsp3) is 0.227. The third kappa shape index (κ3) is 5.14. The van der Waals surface area contributed by atoms with Crippen LogP contribution in [-0.4, -0.2) is 16.1 Å². The van der Waals surface area contributed by atoms with Crippen molar-refractivity contribution < 1.29 is 13.9 Å². The minimum Gasteiger partial charge on any atom is -0.481 e. The number of nitrogens with zero attached hydrogens (tertiary/aromatic N) is 1. The molecule has 3 rings (SSSR count). The summed E-state index contributed by atoms with van der Waals surface area (Å²) in [6.07, 6.45) is -0.117. The molecule has 148 valence electrons. The van der Waals surface area contributed by atoms with Crippen molar-refractivity contribution in [2.75, 3.05) is 0 Å². The Morgan fingerprint density at radius 1 is 1.31 bits per heavy atom. The van der Waals surface area contributed by atoms with Gasteiger partial charge in [-0.25, -0.2) is 4.79 Å². The second kappa shape index (κ2) is 8.93. The van der Waals surface area contributed by atoms with Crippen molar-refractivity contribution in [3.8, 4) is 17.9 Å². The topological polar surface area (TPSA) is 94.4 Å². The lowest BCUT2D eigenvalue weighted by atomic mass is 10.1. The maximum atomic E-state index is 12.4. The number of fused-ring (bicyclic) bond motifs is 1. The number of aromatic nitrogens is 2. The summed E-state index contributed by atoms with van der Waals surface area (Å²) in [5, 5.41) is 0.237. The second-order valence-corrected chi connectivity index (χ2v) is 6.22. The van der Waals surface area contributed by atoms with Gasteiger partial charge >= 0.3 is 11.6 Å². The van der Waals surface area contributed by atoms with Crippen LogP contribution < -0.4 is 15.9 Å². The minimum absolute atomic E-state index is 0.0659. The van der Waals surface area contributed by atoms with Crippen LogP contribution in [0.25, 0.3) is 11.1 Å². The van der Waals surface area contributed by atoms with Gasteiger partial charge in [0.05, 0.1) is 0 Å². The van der Waals surface area contributed by atoms with Crippen molar-refractivity contribution in [3.05, 3.63) is 80.6 Å².